The number of nitrogens with one attached hydrogen (secondary N) is 1. The topological polar surface area (TPSA) is 148 Å². The molecular formula is C34H41FN4O7S. The highest BCUT2D eigenvalue weighted by molar-refractivity contribution is 7.85. The van der Waals surface area contributed by atoms with Gasteiger partial charge in [-0.2, -0.15) is 0 Å². The average Bonchev–Trinajstić information content (AvgIpc) is 3.37. The van der Waals surface area contributed by atoms with E-state index in [9.17, 15) is 27.0 Å². The van der Waals surface area contributed by atoms with Crippen molar-refractivity contribution < 1.29 is 40.9 Å². The van der Waals surface area contributed by atoms with E-state index in [1.165, 1.54) is 12.1 Å². The maximum Gasteiger partial charge on any atom is 0.289 e. The van der Waals surface area contributed by atoms with Gasteiger partial charge in [0.15, 0.2) is 0 Å². The minimum atomic E-state index is -4.33. The highest BCUT2D eigenvalue weighted by Gasteiger charge is 2.64. The molecule has 2 bridgehead atoms. The van der Waals surface area contributed by atoms with Crippen LogP contribution in [0.25, 0.3) is 11.3 Å². The summed E-state index contributed by atoms with van der Waals surface area (Å²) in [7, 11) is -2.15. The van der Waals surface area contributed by atoms with Crippen LogP contribution in [0.15, 0.2) is 60.8 Å². The fourth-order valence-corrected chi connectivity index (χ4v) is 8.18. The van der Waals surface area contributed by atoms with Crippen molar-refractivity contribution in [3.8, 4) is 22.8 Å². The molecule has 0 spiro atoms. The molecule has 11 nitrogen and oxygen atoms in total. The number of ketones is 1. The van der Waals surface area contributed by atoms with Gasteiger partial charge >= 0.3 is 0 Å². The first-order chi connectivity index (χ1) is 22.2. The number of nitrogens with zero attached hydrogens (tertiary/aromatic N) is 3. The Morgan fingerprint density at radius 3 is 2.30 bits per heavy atom. The van der Waals surface area contributed by atoms with E-state index in [2.05, 4.69) is 22.3 Å². The van der Waals surface area contributed by atoms with Crippen LogP contribution in [0, 0.1) is 22.6 Å². The van der Waals surface area contributed by atoms with Crippen molar-refractivity contribution in [2.24, 2.45) is 16.7 Å². The van der Waals surface area contributed by atoms with Crippen LogP contribution in [-0.2, 0) is 19.6 Å². The summed E-state index contributed by atoms with van der Waals surface area (Å²) in [4.78, 5) is 32.9. The van der Waals surface area contributed by atoms with Gasteiger partial charge in [-0.3, -0.25) is 9.59 Å². The number of morpholine rings is 1. The predicted molar refractivity (Wildman–Crippen MR) is 171 cm³/mol. The molecule has 2 aliphatic carbocycles. The van der Waals surface area contributed by atoms with E-state index < -0.39 is 21.3 Å². The lowest BCUT2D eigenvalue weighted by Gasteiger charge is -2.37. The zero-order chi connectivity index (χ0) is 33.9. The van der Waals surface area contributed by atoms with Crippen molar-refractivity contribution in [2.75, 3.05) is 52.2 Å². The van der Waals surface area contributed by atoms with Crippen LogP contribution in [-0.4, -0.2) is 91.3 Å². The minimum absolute atomic E-state index is 0.0248. The Kier molecular flexibility index (Phi) is 10.1. The number of benzene rings is 2. The van der Waals surface area contributed by atoms with Crippen LogP contribution in [0.3, 0.4) is 0 Å². The quantitative estimate of drug-likeness (QED) is 0.262. The summed E-state index contributed by atoms with van der Waals surface area (Å²) in [6.07, 6.45) is 3.46. The number of ether oxygens (including phenoxy) is 2. The number of amides is 1. The molecule has 2 unspecified atom stereocenters. The van der Waals surface area contributed by atoms with Gasteiger partial charge < -0.3 is 23.8 Å². The summed E-state index contributed by atoms with van der Waals surface area (Å²) in [5.74, 6) is 0.424. The Morgan fingerprint density at radius 2 is 1.72 bits per heavy atom. The van der Waals surface area contributed by atoms with Crippen LogP contribution in [0.2, 0.25) is 0 Å². The van der Waals surface area contributed by atoms with Crippen molar-refractivity contribution in [1.82, 2.24) is 15.3 Å². The number of hydrogen-bond acceptors (Lipinski definition) is 9. The number of halogens is 1. The van der Waals surface area contributed by atoms with E-state index in [1.54, 1.807) is 36.5 Å². The fraction of sp³-hybridized carbons (Fsp3) is 0.471. The predicted octanol–water partition coefficient (Wildman–Crippen LogP) is 4.21. The van der Waals surface area contributed by atoms with Gasteiger partial charge in [-0.05, 0) is 78.8 Å². The number of likely N-dealkylation sites (N-methyl/N-ethyl adjacent to an activating group) is 1. The molecule has 47 heavy (non-hydrogen) atoms. The van der Waals surface area contributed by atoms with Gasteiger partial charge in [-0.15, -0.1) is 0 Å². The maximum atomic E-state index is 13.0. The number of Topliss-reactive ketones (excluding diaryl/α,β-unsaturated/α-hetero) is 1. The normalized spacial score (nSPS) is 22.7. The van der Waals surface area contributed by atoms with Gasteiger partial charge in [-0.25, -0.2) is 22.8 Å². The number of aromatic nitrogens is 2. The molecule has 2 heterocycles. The zero-order valence-electron chi connectivity index (χ0n) is 26.9. The third kappa shape index (κ3) is 8.03. The Labute approximate surface area is 274 Å². The second-order valence-electron chi connectivity index (χ2n) is 13.4. The van der Waals surface area contributed by atoms with E-state index in [0.29, 0.717) is 36.6 Å². The second kappa shape index (κ2) is 13.8. The molecule has 3 fully saturated rings. The molecule has 1 saturated heterocycles. The number of hydrogen-bond donors (Lipinski definition) is 1. The van der Waals surface area contributed by atoms with E-state index in [0.717, 1.165) is 49.3 Å². The highest BCUT2D eigenvalue weighted by Crippen LogP contribution is 2.64. The molecule has 2 atom stereocenters. The standard InChI is InChI=1S/C24H25FN4O3.C10H16O4S/c1-29(14-16-31-17-15-29)13-12-27-24(30)23-26-11-10-22(28-23)18-2-6-20(7-3-18)32-21-8-4-19(25)5-9-21;1-9(2)7-3-4-10(9,8(11)5-7)6-15(12,13)14/h2-11H,12-17H2,1H3;7H,3-6H2,1-2H3,(H,12,13,14). The molecule has 1 aliphatic heterocycles. The van der Waals surface area contributed by atoms with E-state index >= 15 is 0 Å². The molecule has 6 rings (SSSR count). The molecule has 252 valence electrons. The molecule has 3 aromatic rings. The summed E-state index contributed by atoms with van der Waals surface area (Å²) < 4.78 is 57.7. The van der Waals surface area contributed by atoms with Gasteiger partial charge in [0.2, 0.25) is 5.82 Å². The Hall–Kier alpha value is -3.78. The first-order valence-corrected chi connectivity index (χ1v) is 17.3. The van der Waals surface area contributed by atoms with Crippen LogP contribution >= 0.6 is 0 Å². The summed E-state index contributed by atoms with van der Waals surface area (Å²) >= 11 is 0. The third-order valence-electron chi connectivity index (χ3n) is 10.1. The van der Waals surface area contributed by atoms with Crippen molar-refractivity contribution >= 4 is 21.8 Å². The number of fused-ring (bicyclic) bond motifs is 2. The van der Waals surface area contributed by atoms with Gasteiger partial charge in [0.05, 0.1) is 54.9 Å². The Balaban J connectivity index is 0.000000241. The first-order valence-electron chi connectivity index (χ1n) is 15.7. The average molecular weight is 669 g/mol. The molecule has 13 heteroatoms. The van der Waals surface area contributed by atoms with E-state index in [1.807, 2.05) is 26.0 Å². The van der Waals surface area contributed by atoms with Crippen molar-refractivity contribution in [2.45, 2.75) is 33.1 Å². The second-order valence-corrected chi connectivity index (χ2v) is 14.8. The Bertz CT molecular complexity index is 1690. The lowest BCUT2D eigenvalue weighted by Crippen LogP contribution is -2.54. The van der Waals surface area contributed by atoms with Crippen LogP contribution in [0.4, 0.5) is 4.39 Å². The lowest BCUT2D eigenvalue weighted by molar-refractivity contribution is -0.915. The minimum Gasteiger partial charge on any atom is -0.748 e. The lowest BCUT2D eigenvalue weighted by atomic mass is 9.70. The SMILES string of the molecule is CC1(C)C2CCC1(CS(=O)(=O)[O-])C(=O)C2.C[N+]1(CCNC(=O)c2nccc(-c3ccc(Oc4ccc(F)cc4)cc3)n2)CCOCC1. The maximum absolute atomic E-state index is 13.0. The molecule has 1 amide bonds. The van der Waals surface area contributed by atoms with E-state index in [-0.39, 0.29) is 34.7 Å². The van der Waals surface area contributed by atoms with Crippen molar-refractivity contribution in [1.29, 1.82) is 0 Å². The van der Waals surface area contributed by atoms with Crippen LogP contribution < -0.4 is 10.1 Å². The van der Waals surface area contributed by atoms with Gasteiger partial charge in [-0.1, -0.05) is 13.8 Å². The molecular weight excluding hydrogens is 627 g/mol. The monoisotopic (exact) mass is 668 g/mol. The summed E-state index contributed by atoms with van der Waals surface area (Å²) in [6, 6.07) is 14.9. The number of carbonyl (C=O) groups is 2. The molecule has 0 radical (unpaired) electrons. The van der Waals surface area contributed by atoms with Gasteiger partial charge in [0, 0.05) is 23.6 Å². The molecule has 3 aliphatic rings. The number of quaternary nitrogens is 1. The van der Waals surface area contributed by atoms with Gasteiger partial charge in [0.1, 0.15) is 36.2 Å². The van der Waals surface area contributed by atoms with Gasteiger partial charge in [0.25, 0.3) is 5.91 Å². The fourth-order valence-electron chi connectivity index (χ4n) is 6.90. The molecule has 1 N–H and O–H groups in total. The smallest absolute Gasteiger partial charge is 0.289 e. The van der Waals surface area contributed by atoms with Crippen molar-refractivity contribution in [3.05, 3.63) is 72.4 Å². The first kappa shape index (κ1) is 34.6. The van der Waals surface area contributed by atoms with Crippen LogP contribution in [0.5, 0.6) is 11.5 Å². The van der Waals surface area contributed by atoms with Crippen molar-refractivity contribution in [3.63, 3.8) is 0 Å². The number of rotatable bonds is 9. The third-order valence-corrected chi connectivity index (χ3v) is 11.0. The highest BCUT2D eigenvalue weighted by atomic mass is 32.2. The zero-order valence-corrected chi connectivity index (χ0v) is 27.7. The number of carbonyl (C=O) groups excluding carboxylic acids is 2. The summed E-state index contributed by atoms with van der Waals surface area (Å²) in [5.41, 5.74) is 0.254. The summed E-state index contributed by atoms with van der Waals surface area (Å²) in [6.45, 7) is 8.63. The molecule has 2 aromatic carbocycles. The Morgan fingerprint density at radius 1 is 1.09 bits per heavy atom. The largest absolute Gasteiger partial charge is 0.748 e. The molecule has 1 aromatic heterocycles. The summed E-state index contributed by atoms with van der Waals surface area (Å²) in [5, 5.41) is 2.92. The van der Waals surface area contributed by atoms with E-state index in [4.69, 9.17) is 9.47 Å². The van der Waals surface area contributed by atoms with Crippen LogP contribution in [0.1, 0.15) is 43.7 Å². The molecule has 2 saturated carbocycles.